The number of ether oxygens (including phenoxy) is 1. The standard InChI is InChI=1S/C21H25F3N8O/c1-14-10-18(26-12-25-14)31-11-16-15(5-8-30(16)13-31)27-20-28-19-17(4-2-7-32(19)29-20)33-9-3-6-21(22,23)24/h2,4,7,10,12,15-16H,3,5-6,8-9,11,13H2,1H3,(H,27,29)/t15-,16?/m1/s1. The van der Waals surface area contributed by atoms with Crippen LogP contribution < -0.4 is 15.0 Å². The Morgan fingerprint density at radius 2 is 2.15 bits per heavy atom. The van der Waals surface area contributed by atoms with Crippen molar-refractivity contribution in [2.75, 3.05) is 36.6 Å². The minimum absolute atomic E-state index is 0.0349. The maximum Gasteiger partial charge on any atom is 0.389 e. The molecule has 1 N–H and O–H groups in total. The molecule has 3 aromatic rings. The van der Waals surface area contributed by atoms with E-state index < -0.39 is 12.6 Å². The van der Waals surface area contributed by atoms with Gasteiger partial charge in [-0.2, -0.15) is 18.2 Å². The lowest BCUT2D eigenvalue weighted by Gasteiger charge is -2.20. The Morgan fingerprint density at radius 1 is 1.27 bits per heavy atom. The predicted molar refractivity (Wildman–Crippen MR) is 115 cm³/mol. The van der Waals surface area contributed by atoms with Gasteiger partial charge in [-0.3, -0.25) is 4.90 Å². The van der Waals surface area contributed by atoms with Crippen LogP contribution in [0.15, 0.2) is 30.7 Å². The highest BCUT2D eigenvalue weighted by Gasteiger charge is 2.41. The Bertz CT molecular complexity index is 1120. The average Bonchev–Trinajstić information content (AvgIpc) is 3.46. The lowest BCUT2D eigenvalue weighted by Crippen LogP contribution is -2.36. The van der Waals surface area contributed by atoms with Crippen molar-refractivity contribution in [3.05, 3.63) is 36.4 Å². The fourth-order valence-corrected chi connectivity index (χ4v) is 4.46. The minimum atomic E-state index is -4.18. The minimum Gasteiger partial charge on any atom is -0.490 e. The number of anilines is 2. The number of alkyl halides is 3. The van der Waals surface area contributed by atoms with E-state index in [2.05, 4.69) is 35.2 Å². The molecule has 0 aromatic carbocycles. The highest BCUT2D eigenvalue weighted by atomic mass is 19.4. The quantitative estimate of drug-likeness (QED) is 0.537. The number of nitrogens with zero attached hydrogens (tertiary/aromatic N) is 7. The number of hydrogen-bond acceptors (Lipinski definition) is 8. The van der Waals surface area contributed by atoms with Gasteiger partial charge in [0.25, 0.3) is 0 Å². The van der Waals surface area contributed by atoms with Crippen LogP contribution in [0.2, 0.25) is 0 Å². The van der Waals surface area contributed by atoms with Crippen LogP contribution in [-0.4, -0.2) is 74.1 Å². The molecule has 0 radical (unpaired) electrons. The van der Waals surface area contributed by atoms with Gasteiger partial charge in [-0.1, -0.05) is 0 Å². The molecule has 9 nitrogen and oxygen atoms in total. The van der Waals surface area contributed by atoms with Gasteiger partial charge in [0.05, 0.1) is 13.3 Å². The van der Waals surface area contributed by atoms with Gasteiger partial charge in [-0.05, 0) is 31.9 Å². The molecule has 5 heterocycles. The molecule has 2 atom stereocenters. The number of aromatic nitrogens is 5. The van der Waals surface area contributed by atoms with Crippen molar-refractivity contribution in [3.63, 3.8) is 0 Å². The van der Waals surface area contributed by atoms with E-state index in [1.807, 2.05) is 13.0 Å². The van der Waals surface area contributed by atoms with E-state index in [1.54, 1.807) is 29.2 Å². The van der Waals surface area contributed by atoms with Crippen molar-refractivity contribution in [2.45, 2.75) is 44.4 Å². The summed E-state index contributed by atoms with van der Waals surface area (Å²) in [5.41, 5.74) is 1.42. The normalized spacial score (nSPS) is 21.0. The molecule has 0 spiro atoms. The van der Waals surface area contributed by atoms with E-state index in [9.17, 15) is 13.2 Å². The Morgan fingerprint density at radius 3 is 2.97 bits per heavy atom. The zero-order chi connectivity index (χ0) is 23.0. The zero-order valence-corrected chi connectivity index (χ0v) is 18.2. The van der Waals surface area contributed by atoms with Gasteiger partial charge >= 0.3 is 6.18 Å². The van der Waals surface area contributed by atoms with E-state index in [4.69, 9.17) is 4.74 Å². The number of aryl methyl sites for hydroxylation is 1. The summed E-state index contributed by atoms with van der Waals surface area (Å²) in [4.78, 5) is 17.8. The van der Waals surface area contributed by atoms with E-state index in [1.165, 1.54) is 0 Å². The molecule has 2 aliphatic rings. The Hall–Kier alpha value is -3.15. The Labute approximate surface area is 188 Å². The van der Waals surface area contributed by atoms with E-state index >= 15 is 0 Å². The van der Waals surface area contributed by atoms with Crippen molar-refractivity contribution in [1.82, 2.24) is 29.5 Å². The molecule has 33 heavy (non-hydrogen) atoms. The summed E-state index contributed by atoms with van der Waals surface area (Å²) in [5.74, 6) is 1.82. The molecule has 0 bridgehead atoms. The molecule has 0 aliphatic carbocycles. The summed E-state index contributed by atoms with van der Waals surface area (Å²) in [7, 11) is 0. The molecule has 5 rings (SSSR count). The highest BCUT2D eigenvalue weighted by Crippen LogP contribution is 2.30. The molecular weight excluding hydrogens is 437 g/mol. The zero-order valence-electron chi connectivity index (χ0n) is 18.2. The Kier molecular flexibility index (Phi) is 5.69. The second-order valence-electron chi connectivity index (χ2n) is 8.44. The third-order valence-corrected chi connectivity index (χ3v) is 6.04. The van der Waals surface area contributed by atoms with E-state index in [0.29, 0.717) is 23.4 Å². The van der Waals surface area contributed by atoms with Gasteiger partial charge < -0.3 is 15.0 Å². The smallest absolute Gasteiger partial charge is 0.389 e. The summed E-state index contributed by atoms with van der Waals surface area (Å²) in [5, 5.41) is 7.94. The van der Waals surface area contributed by atoms with Crippen LogP contribution in [0, 0.1) is 6.92 Å². The van der Waals surface area contributed by atoms with Gasteiger partial charge in [0.2, 0.25) is 5.95 Å². The van der Waals surface area contributed by atoms with Crippen molar-refractivity contribution >= 4 is 17.4 Å². The number of fused-ring (bicyclic) bond motifs is 2. The second-order valence-corrected chi connectivity index (χ2v) is 8.44. The summed E-state index contributed by atoms with van der Waals surface area (Å²) >= 11 is 0. The molecule has 2 aliphatic heterocycles. The molecule has 2 saturated heterocycles. The van der Waals surface area contributed by atoms with E-state index in [-0.39, 0.29) is 19.1 Å². The number of rotatable bonds is 7. The van der Waals surface area contributed by atoms with Crippen LogP contribution in [0.5, 0.6) is 5.75 Å². The van der Waals surface area contributed by atoms with Crippen LogP contribution >= 0.6 is 0 Å². The average molecular weight is 462 g/mol. The van der Waals surface area contributed by atoms with Gasteiger partial charge in [0.1, 0.15) is 12.1 Å². The topological polar surface area (TPSA) is 83.7 Å². The molecule has 12 heteroatoms. The van der Waals surface area contributed by atoms with Gasteiger partial charge in [0.15, 0.2) is 11.4 Å². The first kappa shape index (κ1) is 21.7. The summed E-state index contributed by atoms with van der Waals surface area (Å²) in [6, 6.07) is 5.89. The van der Waals surface area contributed by atoms with Crippen LogP contribution in [0.4, 0.5) is 24.9 Å². The first-order valence-corrected chi connectivity index (χ1v) is 10.9. The highest BCUT2D eigenvalue weighted by molar-refractivity contribution is 5.56. The molecular formula is C21H25F3N8O. The largest absolute Gasteiger partial charge is 0.490 e. The third-order valence-electron chi connectivity index (χ3n) is 6.04. The van der Waals surface area contributed by atoms with Crippen molar-refractivity contribution in [3.8, 4) is 5.75 Å². The van der Waals surface area contributed by atoms with Crippen molar-refractivity contribution < 1.29 is 17.9 Å². The number of pyridine rings is 1. The number of nitrogens with one attached hydrogen (secondary N) is 1. The van der Waals surface area contributed by atoms with Crippen LogP contribution in [0.25, 0.3) is 5.65 Å². The first-order chi connectivity index (χ1) is 15.9. The molecule has 2 fully saturated rings. The number of halogens is 3. The van der Waals surface area contributed by atoms with Gasteiger partial charge in [-0.25, -0.2) is 14.5 Å². The lowest BCUT2D eigenvalue weighted by atomic mass is 10.1. The van der Waals surface area contributed by atoms with Crippen LogP contribution in [0.1, 0.15) is 25.0 Å². The molecule has 3 aromatic heterocycles. The van der Waals surface area contributed by atoms with Gasteiger partial charge in [-0.15, -0.1) is 5.10 Å². The maximum absolute atomic E-state index is 12.4. The second kappa shape index (κ2) is 8.65. The third kappa shape index (κ3) is 4.80. The fourth-order valence-electron chi connectivity index (χ4n) is 4.46. The number of hydrogen-bond donors (Lipinski definition) is 1. The predicted octanol–water partition coefficient (Wildman–Crippen LogP) is 2.88. The first-order valence-electron chi connectivity index (χ1n) is 10.9. The molecule has 0 amide bonds. The van der Waals surface area contributed by atoms with Crippen molar-refractivity contribution in [1.29, 1.82) is 0 Å². The summed E-state index contributed by atoms with van der Waals surface area (Å²) in [6.07, 6.45) is -0.859. The SMILES string of the molecule is Cc1cc(N2CC3[C@H](Nc4nc5c(OCCCC(F)(F)F)cccn5n4)CCN3C2)ncn1. The monoisotopic (exact) mass is 462 g/mol. The summed E-state index contributed by atoms with van der Waals surface area (Å²) < 4.78 is 44.2. The molecule has 176 valence electrons. The fraction of sp³-hybridized carbons (Fsp3) is 0.524. The Balaban J connectivity index is 1.24. The molecule has 0 saturated carbocycles. The maximum atomic E-state index is 12.4. The van der Waals surface area contributed by atoms with E-state index in [0.717, 1.165) is 37.7 Å². The van der Waals surface area contributed by atoms with Crippen LogP contribution in [0.3, 0.4) is 0 Å². The molecule has 1 unspecified atom stereocenters. The lowest BCUT2D eigenvalue weighted by molar-refractivity contribution is -0.136. The van der Waals surface area contributed by atoms with Crippen LogP contribution in [-0.2, 0) is 0 Å². The summed E-state index contributed by atoms with van der Waals surface area (Å²) in [6.45, 7) is 4.54. The van der Waals surface area contributed by atoms with Crippen molar-refractivity contribution in [2.24, 2.45) is 0 Å². The van der Waals surface area contributed by atoms with Gasteiger partial charge in [0, 0.05) is 49.6 Å².